The van der Waals surface area contributed by atoms with Gasteiger partial charge in [-0.2, -0.15) is 4.98 Å². The van der Waals surface area contributed by atoms with E-state index in [-0.39, 0.29) is 23.1 Å². The zero-order chi connectivity index (χ0) is 13.4. The Balaban J connectivity index is 2.86. The van der Waals surface area contributed by atoms with Gasteiger partial charge in [0.1, 0.15) is 0 Å². The summed E-state index contributed by atoms with van der Waals surface area (Å²) in [7, 11) is 1.44. The molecule has 0 atom stereocenters. The SMILES string of the molecule is CC(C)Cn1c(=O)n(C)c(=O)c2[nH]c(NN)nc21. The van der Waals surface area contributed by atoms with Gasteiger partial charge >= 0.3 is 5.69 Å². The largest absolute Gasteiger partial charge is 0.332 e. The summed E-state index contributed by atoms with van der Waals surface area (Å²) in [6.07, 6.45) is 0. The van der Waals surface area contributed by atoms with E-state index in [1.54, 1.807) is 0 Å². The number of anilines is 1. The summed E-state index contributed by atoms with van der Waals surface area (Å²) >= 11 is 0. The topological polar surface area (TPSA) is 111 Å². The Morgan fingerprint density at radius 3 is 2.67 bits per heavy atom. The van der Waals surface area contributed by atoms with Crippen LogP contribution in [-0.4, -0.2) is 19.1 Å². The van der Waals surface area contributed by atoms with Gasteiger partial charge in [-0.3, -0.25) is 19.4 Å². The number of hydrogen-bond donors (Lipinski definition) is 3. The van der Waals surface area contributed by atoms with Gasteiger partial charge in [0.15, 0.2) is 11.2 Å². The Morgan fingerprint density at radius 2 is 2.11 bits per heavy atom. The van der Waals surface area contributed by atoms with Crippen molar-refractivity contribution in [3.63, 3.8) is 0 Å². The lowest BCUT2D eigenvalue weighted by atomic mass is 10.2. The normalized spacial score (nSPS) is 11.4. The minimum Gasteiger partial charge on any atom is -0.317 e. The van der Waals surface area contributed by atoms with Crippen LogP contribution in [0.1, 0.15) is 13.8 Å². The Hall–Kier alpha value is -2.09. The van der Waals surface area contributed by atoms with Crippen LogP contribution in [0.5, 0.6) is 0 Å². The van der Waals surface area contributed by atoms with Gasteiger partial charge in [0.25, 0.3) is 5.56 Å². The smallest absolute Gasteiger partial charge is 0.317 e. The third kappa shape index (κ3) is 1.80. The standard InChI is InChI=1S/C10H16N6O2/c1-5(2)4-16-7-6(12-9(13-7)14-11)8(17)15(3)10(16)18/h5H,4,11H2,1-3H3,(H2,12,13,14). The van der Waals surface area contributed by atoms with E-state index >= 15 is 0 Å². The first-order valence-electron chi connectivity index (χ1n) is 5.61. The van der Waals surface area contributed by atoms with Crippen LogP contribution in [0, 0.1) is 5.92 Å². The quantitative estimate of drug-likeness (QED) is 0.497. The van der Waals surface area contributed by atoms with Gasteiger partial charge in [0.05, 0.1) is 0 Å². The van der Waals surface area contributed by atoms with Crippen molar-refractivity contribution in [3.05, 3.63) is 20.8 Å². The first kappa shape index (κ1) is 12.4. The molecule has 8 nitrogen and oxygen atoms in total. The lowest BCUT2D eigenvalue weighted by Gasteiger charge is -2.10. The maximum absolute atomic E-state index is 12.1. The van der Waals surface area contributed by atoms with E-state index in [2.05, 4.69) is 15.4 Å². The second-order valence-corrected chi connectivity index (χ2v) is 4.58. The van der Waals surface area contributed by atoms with Crippen molar-refractivity contribution in [2.24, 2.45) is 18.8 Å². The number of hydrazine groups is 1. The summed E-state index contributed by atoms with van der Waals surface area (Å²) in [6.45, 7) is 4.45. The second-order valence-electron chi connectivity index (χ2n) is 4.58. The fraction of sp³-hybridized carbons (Fsp3) is 0.500. The first-order valence-corrected chi connectivity index (χ1v) is 5.61. The molecule has 2 aromatic heterocycles. The summed E-state index contributed by atoms with van der Waals surface area (Å²) in [6, 6.07) is 0. The molecule has 2 rings (SSSR count). The molecular weight excluding hydrogens is 236 g/mol. The summed E-state index contributed by atoms with van der Waals surface area (Å²) in [4.78, 5) is 30.8. The molecule has 18 heavy (non-hydrogen) atoms. The lowest BCUT2D eigenvalue weighted by Crippen LogP contribution is -2.38. The van der Waals surface area contributed by atoms with Crippen LogP contribution in [0.4, 0.5) is 5.95 Å². The molecule has 0 radical (unpaired) electrons. The molecule has 8 heteroatoms. The minimum atomic E-state index is -0.413. The molecule has 0 aromatic carbocycles. The van der Waals surface area contributed by atoms with Crippen molar-refractivity contribution in [1.82, 2.24) is 19.1 Å². The van der Waals surface area contributed by atoms with Crippen LogP contribution >= 0.6 is 0 Å². The van der Waals surface area contributed by atoms with Gasteiger partial charge in [0.2, 0.25) is 5.95 Å². The van der Waals surface area contributed by atoms with Crippen molar-refractivity contribution >= 4 is 17.1 Å². The number of aromatic nitrogens is 4. The van der Waals surface area contributed by atoms with E-state index in [9.17, 15) is 9.59 Å². The van der Waals surface area contributed by atoms with E-state index < -0.39 is 5.56 Å². The number of nitrogens with two attached hydrogens (primary N) is 1. The molecule has 0 saturated carbocycles. The number of hydrogen-bond acceptors (Lipinski definition) is 5. The second kappa shape index (κ2) is 4.30. The Morgan fingerprint density at radius 1 is 1.44 bits per heavy atom. The lowest BCUT2D eigenvalue weighted by molar-refractivity contribution is 0.500. The molecule has 4 N–H and O–H groups in total. The van der Waals surface area contributed by atoms with Gasteiger partial charge < -0.3 is 4.98 Å². The zero-order valence-corrected chi connectivity index (χ0v) is 10.5. The highest BCUT2D eigenvalue weighted by Crippen LogP contribution is 2.09. The van der Waals surface area contributed by atoms with E-state index in [1.165, 1.54) is 11.6 Å². The number of nitrogens with zero attached hydrogens (tertiary/aromatic N) is 3. The maximum atomic E-state index is 12.1. The highest BCUT2D eigenvalue weighted by Gasteiger charge is 2.15. The van der Waals surface area contributed by atoms with Crippen molar-refractivity contribution in [2.45, 2.75) is 20.4 Å². The molecule has 0 bridgehead atoms. The number of imidazole rings is 1. The van der Waals surface area contributed by atoms with E-state index in [1.807, 2.05) is 13.8 Å². The molecule has 0 aliphatic carbocycles. The number of H-pyrrole nitrogens is 1. The van der Waals surface area contributed by atoms with E-state index in [0.29, 0.717) is 12.2 Å². The third-order valence-corrected chi connectivity index (χ3v) is 2.66. The van der Waals surface area contributed by atoms with E-state index in [0.717, 1.165) is 4.57 Å². The molecule has 0 spiro atoms. The highest BCUT2D eigenvalue weighted by atomic mass is 16.2. The van der Waals surface area contributed by atoms with Crippen molar-refractivity contribution < 1.29 is 0 Å². The van der Waals surface area contributed by atoms with Crippen molar-refractivity contribution in [3.8, 4) is 0 Å². The summed E-state index contributed by atoms with van der Waals surface area (Å²) in [5, 5.41) is 0. The first-order chi connectivity index (χ1) is 8.45. The number of nitrogen functional groups attached to an aromatic ring is 1. The molecule has 0 aliphatic heterocycles. The van der Waals surface area contributed by atoms with Crippen LogP contribution in [0.2, 0.25) is 0 Å². The zero-order valence-electron chi connectivity index (χ0n) is 10.5. The number of fused-ring (bicyclic) bond motifs is 1. The van der Waals surface area contributed by atoms with Crippen LogP contribution in [0.3, 0.4) is 0 Å². The summed E-state index contributed by atoms with van der Waals surface area (Å²) in [5.74, 6) is 5.76. The van der Waals surface area contributed by atoms with Crippen LogP contribution in [0.15, 0.2) is 9.59 Å². The van der Waals surface area contributed by atoms with Crippen molar-refractivity contribution in [2.75, 3.05) is 5.43 Å². The van der Waals surface area contributed by atoms with Crippen LogP contribution in [-0.2, 0) is 13.6 Å². The Bertz CT molecular complexity index is 693. The average molecular weight is 252 g/mol. The monoisotopic (exact) mass is 252 g/mol. The van der Waals surface area contributed by atoms with Crippen LogP contribution < -0.4 is 22.5 Å². The molecule has 0 saturated heterocycles. The molecule has 0 fully saturated rings. The Labute approximate surface area is 102 Å². The van der Waals surface area contributed by atoms with Gasteiger partial charge in [0, 0.05) is 13.6 Å². The van der Waals surface area contributed by atoms with E-state index in [4.69, 9.17) is 5.84 Å². The number of rotatable bonds is 3. The number of aromatic amines is 1. The molecular formula is C10H16N6O2. The predicted molar refractivity (Wildman–Crippen MR) is 68.2 cm³/mol. The molecule has 0 amide bonds. The van der Waals surface area contributed by atoms with Gasteiger partial charge in [-0.25, -0.2) is 10.6 Å². The minimum absolute atomic E-state index is 0.255. The molecule has 2 aromatic rings. The highest BCUT2D eigenvalue weighted by molar-refractivity contribution is 5.72. The fourth-order valence-corrected chi connectivity index (χ4v) is 1.83. The maximum Gasteiger partial charge on any atom is 0.332 e. The molecule has 0 unspecified atom stereocenters. The molecule has 98 valence electrons. The fourth-order valence-electron chi connectivity index (χ4n) is 1.83. The molecule has 0 aliphatic rings. The predicted octanol–water partition coefficient (Wildman–Crippen LogP) is -0.635. The number of nitrogens with one attached hydrogen (secondary N) is 2. The van der Waals surface area contributed by atoms with Gasteiger partial charge in [-0.1, -0.05) is 13.8 Å². The molecule has 2 heterocycles. The van der Waals surface area contributed by atoms with Crippen LogP contribution in [0.25, 0.3) is 11.2 Å². The average Bonchev–Trinajstić information content (AvgIpc) is 2.75. The summed E-state index contributed by atoms with van der Waals surface area (Å²) < 4.78 is 2.53. The summed E-state index contributed by atoms with van der Waals surface area (Å²) in [5.41, 5.74) is 2.13. The van der Waals surface area contributed by atoms with Gasteiger partial charge in [-0.05, 0) is 5.92 Å². The Kier molecular flexibility index (Phi) is 2.95. The van der Waals surface area contributed by atoms with Crippen molar-refractivity contribution in [1.29, 1.82) is 0 Å². The van der Waals surface area contributed by atoms with Gasteiger partial charge in [-0.15, -0.1) is 0 Å². The third-order valence-electron chi connectivity index (χ3n) is 2.66.